The summed E-state index contributed by atoms with van der Waals surface area (Å²) in [6.07, 6.45) is 7.85. The van der Waals surface area contributed by atoms with Gasteiger partial charge in [0.2, 0.25) is 5.91 Å². The summed E-state index contributed by atoms with van der Waals surface area (Å²) in [5.74, 6) is -0.788. The van der Waals surface area contributed by atoms with Crippen molar-refractivity contribution in [3.63, 3.8) is 0 Å². The third-order valence-electron chi connectivity index (χ3n) is 4.56. The van der Waals surface area contributed by atoms with Gasteiger partial charge in [0, 0.05) is 49.0 Å². The quantitative estimate of drug-likeness (QED) is 0.603. The van der Waals surface area contributed by atoms with E-state index in [2.05, 4.69) is 26.8 Å². The summed E-state index contributed by atoms with van der Waals surface area (Å²) in [7, 11) is 0. The molecule has 3 heterocycles. The molecule has 3 aromatic rings. The number of carbonyl (C=O) groups excluding carboxylic acids is 1. The zero-order chi connectivity index (χ0) is 21.1. The Morgan fingerprint density at radius 3 is 2.73 bits per heavy atom. The van der Waals surface area contributed by atoms with E-state index >= 15 is 0 Å². The van der Waals surface area contributed by atoms with Crippen molar-refractivity contribution in [2.45, 2.75) is 6.04 Å². The number of hydrogen-bond donors (Lipinski definition) is 1. The molecular weight excluding hydrogens is 409 g/mol. The standard InChI is InChI=1S/C21H17ClFN5O2/c1-2-19(29)28-11-16(12-28)27-15-6-13(7-24-10-15)14-8-25-21(26-9-14)30-18-5-3-4-17(22)20(18)23/h2-10,16,27H,1,11-12H2. The zero-order valence-corrected chi connectivity index (χ0v) is 16.5. The van der Waals surface area contributed by atoms with Crippen LogP contribution in [0, 0.1) is 5.82 Å². The fourth-order valence-corrected chi connectivity index (χ4v) is 3.14. The smallest absolute Gasteiger partial charge is 0.321 e. The van der Waals surface area contributed by atoms with Crippen molar-refractivity contribution in [3.05, 3.63) is 72.5 Å². The first-order valence-corrected chi connectivity index (χ1v) is 9.48. The fourth-order valence-electron chi connectivity index (χ4n) is 2.97. The van der Waals surface area contributed by atoms with E-state index in [0.29, 0.717) is 13.1 Å². The predicted molar refractivity (Wildman–Crippen MR) is 111 cm³/mol. The molecule has 1 amide bonds. The van der Waals surface area contributed by atoms with Crippen molar-refractivity contribution in [1.29, 1.82) is 0 Å². The van der Waals surface area contributed by atoms with E-state index in [1.54, 1.807) is 35.8 Å². The number of hydrogen-bond acceptors (Lipinski definition) is 6. The van der Waals surface area contributed by atoms with Gasteiger partial charge in [-0.1, -0.05) is 24.2 Å². The number of carbonyl (C=O) groups is 1. The lowest BCUT2D eigenvalue weighted by Crippen LogP contribution is -2.56. The minimum absolute atomic E-state index is 0.00333. The fraction of sp³-hybridized carbons (Fsp3) is 0.143. The van der Waals surface area contributed by atoms with Gasteiger partial charge in [-0.2, -0.15) is 0 Å². The van der Waals surface area contributed by atoms with Crippen LogP contribution in [0.2, 0.25) is 5.02 Å². The highest BCUT2D eigenvalue weighted by molar-refractivity contribution is 6.30. The summed E-state index contributed by atoms with van der Waals surface area (Å²) in [4.78, 5) is 25.7. The molecule has 7 nitrogen and oxygen atoms in total. The van der Waals surface area contributed by atoms with Gasteiger partial charge in [-0.25, -0.2) is 14.4 Å². The van der Waals surface area contributed by atoms with Gasteiger partial charge in [0.15, 0.2) is 11.6 Å². The molecule has 0 radical (unpaired) electrons. The van der Waals surface area contributed by atoms with Crippen molar-refractivity contribution >= 4 is 23.2 Å². The molecule has 0 aliphatic carbocycles. The van der Waals surface area contributed by atoms with Crippen LogP contribution in [0.1, 0.15) is 0 Å². The van der Waals surface area contributed by atoms with E-state index < -0.39 is 5.82 Å². The maximum atomic E-state index is 13.9. The van der Waals surface area contributed by atoms with Gasteiger partial charge in [0.25, 0.3) is 0 Å². The normalized spacial score (nSPS) is 13.5. The molecule has 0 saturated carbocycles. The van der Waals surface area contributed by atoms with E-state index in [9.17, 15) is 9.18 Å². The number of pyridine rings is 1. The van der Waals surface area contributed by atoms with Crippen molar-refractivity contribution in [3.8, 4) is 22.9 Å². The number of likely N-dealkylation sites (tertiary alicyclic amines) is 1. The largest absolute Gasteiger partial charge is 0.421 e. The highest BCUT2D eigenvalue weighted by atomic mass is 35.5. The van der Waals surface area contributed by atoms with Crippen LogP contribution < -0.4 is 10.1 Å². The Morgan fingerprint density at radius 2 is 2.00 bits per heavy atom. The van der Waals surface area contributed by atoms with Gasteiger partial charge >= 0.3 is 6.01 Å². The highest BCUT2D eigenvalue weighted by Crippen LogP contribution is 2.28. The van der Waals surface area contributed by atoms with E-state index in [0.717, 1.165) is 16.8 Å². The number of nitrogens with zero attached hydrogens (tertiary/aromatic N) is 4. The molecule has 1 saturated heterocycles. The lowest BCUT2D eigenvalue weighted by atomic mass is 10.1. The Bertz CT molecular complexity index is 1090. The second kappa shape index (κ2) is 8.46. The molecule has 1 aliphatic heterocycles. The molecule has 1 N–H and O–H groups in total. The van der Waals surface area contributed by atoms with Gasteiger partial charge in [-0.15, -0.1) is 0 Å². The maximum Gasteiger partial charge on any atom is 0.321 e. The molecule has 2 aromatic heterocycles. The van der Waals surface area contributed by atoms with Gasteiger partial charge < -0.3 is 15.0 Å². The molecule has 0 atom stereocenters. The first-order valence-electron chi connectivity index (χ1n) is 9.10. The average molecular weight is 426 g/mol. The van der Waals surface area contributed by atoms with Crippen LogP contribution in [-0.4, -0.2) is 44.9 Å². The molecular formula is C21H17ClFN5O2. The SMILES string of the molecule is C=CC(=O)N1CC(Nc2cncc(-c3cnc(Oc4cccc(Cl)c4F)nc3)c2)C1. The summed E-state index contributed by atoms with van der Waals surface area (Å²) < 4.78 is 19.3. The van der Waals surface area contributed by atoms with Crippen LogP contribution >= 0.6 is 11.6 Å². The topological polar surface area (TPSA) is 80.2 Å². The molecule has 152 valence electrons. The van der Waals surface area contributed by atoms with Gasteiger partial charge in [-0.3, -0.25) is 9.78 Å². The minimum Gasteiger partial charge on any atom is -0.421 e. The van der Waals surface area contributed by atoms with Crippen molar-refractivity contribution < 1.29 is 13.9 Å². The average Bonchev–Trinajstić information content (AvgIpc) is 2.74. The number of benzene rings is 1. The number of amides is 1. The van der Waals surface area contributed by atoms with Crippen LogP contribution in [0.5, 0.6) is 11.8 Å². The molecule has 0 bridgehead atoms. The molecule has 0 unspecified atom stereocenters. The minimum atomic E-state index is -0.667. The monoisotopic (exact) mass is 425 g/mol. The van der Waals surface area contributed by atoms with Crippen molar-refractivity contribution in [2.75, 3.05) is 18.4 Å². The number of anilines is 1. The van der Waals surface area contributed by atoms with Crippen LogP contribution in [0.15, 0.2) is 61.7 Å². The second-order valence-electron chi connectivity index (χ2n) is 6.66. The number of halogens is 2. The Balaban J connectivity index is 1.42. The summed E-state index contributed by atoms with van der Waals surface area (Å²) in [5, 5.41) is 3.30. The number of nitrogens with one attached hydrogen (secondary N) is 1. The Labute approximate surface area is 177 Å². The van der Waals surface area contributed by atoms with E-state index in [1.165, 1.54) is 18.2 Å². The molecule has 0 spiro atoms. The summed E-state index contributed by atoms with van der Waals surface area (Å²) in [5.41, 5.74) is 2.35. The third-order valence-corrected chi connectivity index (χ3v) is 4.85. The third kappa shape index (κ3) is 4.23. The number of aromatic nitrogens is 3. The van der Waals surface area contributed by atoms with E-state index in [-0.39, 0.29) is 28.7 Å². The first-order chi connectivity index (χ1) is 14.5. The van der Waals surface area contributed by atoms with Crippen LogP contribution in [0.25, 0.3) is 11.1 Å². The summed E-state index contributed by atoms with van der Waals surface area (Å²) in [6, 6.07) is 6.53. The lowest BCUT2D eigenvalue weighted by molar-refractivity contribution is -0.129. The van der Waals surface area contributed by atoms with Gasteiger partial charge in [-0.05, 0) is 24.3 Å². The Morgan fingerprint density at radius 1 is 1.23 bits per heavy atom. The predicted octanol–water partition coefficient (Wildman–Crippen LogP) is 3.93. The van der Waals surface area contributed by atoms with Gasteiger partial charge in [0.1, 0.15) is 0 Å². The zero-order valence-electron chi connectivity index (χ0n) is 15.8. The lowest BCUT2D eigenvalue weighted by Gasteiger charge is -2.39. The summed E-state index contributed by atoms with van der Waals surface area (Å²) >= 11 is 5.75. The Hall–Kier alpha value is -3.52. The van der Waals surface area contributed by atoms with Gasteiger partial charge in [0.05, 0.1) is 16.8 Å². The van der Waals surface area contributed by atoms with Crippen LogP contribution in [0.4, 0.5) is 10.1 Å². The van der Waals surface area contributed by atoms with E-state index in [1.807, 2.05) is 6.07 Å². The van der Waals surface area contributed by atoms with E-state index in [4.69, 9.17) is 16.3 Å². The number of rotatable bonds is 6. The Kier molecular flexibility index (Phi) is 5.58. The van der Waals surface area contributed by atoms with Crippen molar-refractivity contribution in [2.24, 2.45) is 0 Å². The molecule has 9 heteroatoms. The molecule has 1 fully saturated rings. The van der Waals surface area contributed by atoms with Crippen LogP contribution in [0.3, 0.4) is 0 Å². The van der Waals surface area contributed by atoms with Crippen molar-refractivity contribution in [1.82, 2.24) is 19.9 Å². The molecule has 4 rings (SSSR count). The first kappa shape index (κ1) is 19.8. The highest BCUT2D eigenvalue weighted by Gasteiger charge is 2.29. The maximum absolute atomic E-state index is 13.9. The molecule has 1 aliphatic rings. The molecule has 1 aromatic carbocycles. The van der Waals surface area contributed by atoms with Crippen LogP contribution in [-0.2, 0) is 4.79 Å². The second-order valence-corrected chi connectivity index (χ2v) is 7.07. The summed E-state index contributed by atoms with van der Waals surface area (Å²) in [6.45, 7) is 4.72. The number of ether oxygens (including phenoxy) is 1. The molecule has 30 heavy (non-hydrogen) atoms.